The van der Waals surface area contributed by atoms with Crippen molar-refractivity contribution in [2.75, 3.05) is 37.9 Å². The van der Waals surface area contributed by atoms with Crippen molar-refractivity contribution in [3.05, 3.63) is 77.9 Å². The predicted octanol–water partition coefficient (Wildman–Crippen LogP) is 8.10. The van der Waals surface area contributed by atoms with Crippen LogP contribution in [0.15, 0.2) is 66.7 Å². The Morgan fingerprint density at radius 1 is 0.956 bits per heavy atom. The number of benzene rings is 3. The molecule has 0 bridgehead atoms. The number of rotatable bonds is 11. The highest BCUT2D eigenvalue weighted by molar-refractivity contribution is 6.74. The Morgan fingerprint density at radius 2 is 1.67 bits per heavy atom. The first-order valence-electron chi connectivity index (χ1n) is 15.8. The third-order valence-corrected chi connectivity index (χ3v) is 13.4. The van der Waals surface area contributed by atoms with Gasteiger partial charge in [0.25, 0.3) is 0 Å². The summed E-state index contributed by atoms with van der Waals surface area (Å²) < 4.78 is 17.7. The number of amides is 2. The van der Waals surface area contributed by atoms with E-state index in [1.165, 1.54) is 0 Å². The number of hydrogen-bond acceptors (Lipinski definition) is 6. The average molecular weight is 632 g/mol. The molecule has 2 amide bonds. The van der Waals surface area contributed by atoms with E-state index >= 15 is 0 Å². The SMILES string of the molecule is COc1cc(NC(=O)CCc2ccc(NC(=O)OC3CCN(C)CC3)c(-c3ccccc3)c2)ccc1CO[Si](C)(C)C(C)(C)C. The summed E-state index contributed by atoms with van der Waals surface area (Å²) >= 11 is 0. The highest BCUT2D eigenvalue weighted by Gasteiger charge is 2.37. The Bertz CT molecular complexity index is 1450. The maximum atomic E-state index is 13.0. The van der Waals surface area contributed by atoms with E-state index in [0.717, 1.165) is 48.2 Å². The molecular formula is C36H49N3O5Si. The van der Waals surface area contributed by atoms with E-state index in [1.807, 2.05) is 66.7 Å². The summed E-state index contributed by atoms with van der Waals surface area (Å²) in [6.45, 7) is 13.4. The minimum absolute atomic E-state index is 0.0778. The zero-order valence-corrected chi connectivity index (χ0v) is 28.9. The monoisotopic (exact) mass is 631 g/mol. The van der Waals surface area contributed by atoms with Crippen molar-refractivity contribution in [3.63, 3.8) is 0 Å². The summed E-state index contributed by atoms with van der Waals surface area (Å²) in [5.41, 5.74) is 5.17. The number of piperidine rings is 1. The van der Waals surface area contributed by atoms with E-state index in [4.69, 9.17) is 13.9 Å². The zero-order chi connectivity index (χ0) is 32.6. The van der Waals surface area contributed by atoms with Crippen molar-refractivity contribution < 1.29 is 23.5 Å². The molecule has 3 aromatic rings. The molecule has 1 heterocycles. The molecule has 0 aliphatic carbocycles. The van der Waals surface area contributed by atoms with Crippen LogP contribution < -0.4 is 15.4 Å². The van der Waals surface area contributed by atoms with E-state index in [0.29, 0.717) is 36.6 Å². The molecule has 0 atom stereocenters. The summed E-state index contributed by atoms with van der Waals surface area (Å²) in [4.78, 5) is 28.0. The fourth-order valence-electron chi connectivity index (χ4n) is 5.00. The smallest absolute Gasteiger partial charge is 0.411 e. The Morgan fingerprint density at radius 3 is 2.33 bits per heavy atom. The van der Waals surface area contributed by atoms with E-state index < -0.39 is 14.4 Å². The number of methoxy groups -OCH3 is 1. The van der Waals surface area contributed by atoms with Crippen molar-refractivity contribution in [2.24, 2.45) is 0 Å². The van der Waals surface area contributed by atoms with Gasteiger partial charge in [0.1, 0.15) is 11.9 Å². The van der Waals surface area contributed by atoms with Crippen LogP contribution in [0.4, 0.5) is 16.2 Å². The first-order valence-corrected chi connectivity index (χ1v) is 18.7. The second-order valence-electron chi connectivity index (χ2n) is 13.4. The van der Waals surface area contributed by atoms with Gasteiger partial charge in [0.15, 0.2) is 8.32 Å². The zero-order valence-electron chi connectivity index (χ0n) is 27.9. The van der Waals surface area contributed by atoms with Crippen LogP contribution >= 0.6 is 0 Å². The quantitative estimate of drug-likeness (QED) is 0.208. The van der Waals surface area contributed by atoms with Crippen LogP contribution in [-0.2, 0) is 27.0 Å². The molecule has 0 radical (unpaired) electrons. The van der Waals surface area contributed by atoms with Gasteiger partial charge in [0, 0.05) is 42.4 Å². The first kappa shape index (κ1) is 34.2. The summed E-state index contributed by atoms with van der Waals surface area (Å²) in [5, 5.41) is 6.08. The van der Waals surface area contributed by atoms with E-state index in [1.54, 1.807) is 7.11 Å². The predicted molar refractivity (Wildman–Crippen MR) is 184 cm³/mol. The van der Waals surface area contributed by atoms with E-state index in [9.17, 15) is 9.59 Å². The Balaban J connectivity index is 1.38. The fraction of sp³-hybridized carbons (Fsp3) is 0.444. The van der Waals surface area contributed by atoms with Crippen LogP contribution in [-0.4, -0.2) is 58.6 Å². The van der Waals surface area contributed by atoms with Gasteiger partial charge in [-0.2, -0.15) is 0 Å². The average Bonchev–Trinajstić information content (AvgIpc) is 3.00. The van der Waals surface area contributed by atoms with Crippen LogP contribution in [0.5, 0.6) is 5.75 Å². The molecule has 8 nitrogen and oxygen atoms in total. The van der Waals surface area contributed by atoms with Crippen molar-refractivity contribution in [3.8, 4) is 16.9 Å². The molecule has 2 N–H and O–H groups in total. The molecule has 242 valence electrons. The molecule has 1 aliphatic rings. The second kappa shape index (κ2) is 15.1. The number of nitrogens with one attached hydrogen (secondary N) is 2. The van der Waals surface area contributed by atoms with Gasteiger partial charge in [-0.25, -0.2) is 4.79 Å². The largest absolute Gasteiger partial charge is 0.496 e. The highest BCUT2D eigenvalue weighted by Crippen LogP contribution is 2.38. The molecule has 3 aromatic carbocycles. The number of hydrogen-bond donors (Lipinski definition) is 2. The number of carbonyl (C=O) groups is 2. The molecular weight excluding hydrogens is 582 g/mol. The van der Waals surface area contributed by atoms with Crippen molar-refractivity contribution in [1.29, 1.82) is 0 Å². The Labute approximate surface area is 269 Å². The molecule has 0 unspecified atom stereocenters. The summed E-state index contributed by atoms with van der Waals surface area (Å²) in [6, 6.07) is 21.5. The number of nitrogens with zero attached hydrogens (tertiary/aromatic N) is 1. The molecule has 1 saturated heterocycles. The highest BCUT2D eigenvalue weighted by atomic mass is 28.4. The normalized spacial score (nSPS) is 14.6. The lowest BCUT2D eigenvalue weighted by Crippen LogP contribution is -2.40. The minimum Gasteiger partial charge on any atom is -0.496 e. The first-order chi connectivity index (χ1) is 21.3. The van der Waals surface area contributed by atoms with Crippen LogP contribution in [0.1, 0.15) is 51.2 Å². The van der Waals surface area contributed by atoms with Crippen molar-refractivity contribution in [2.45, 2.75) is 77.3 Å². The summed E-state index contributed by atoms with van der Waals surface area (Å²) in [7, 11) is 1.80. The standard InChI is InChI=1S/C36H49N3O5Si/c1-36(2,3)45(6,7)43-25-28-15-16-29(24-33(28)42-5)37-34(40)18-14-26-13-17-32(31(23-26)27-11-9-8-10-12-27)38-35(41)44-30-19-21-39(4)22-20-30/h8-13,15-17,23-24,30H,14,18-22,25H2,1-7H3,(H,37,40)(H,38,41). The molecule has 45 heavy (non-hydrogen) atoms. The van der Waals surface area contributed by atoms with Gasteiger partial charge in [-0.1, -0.05) is 63.2 Å². The third kappa shape index (κ3) is 9.66. The van der Waals surface area contributed by atoms with Crippen LogP contribution in [0, 0.1) is 0 Å². The number of carbonyl (C=O) groups excluding carboxylic acids is 2. The fourth-order valence-corrected chi connectivity index (χ4v) is 5.95. The van der Waals surface area contributed by atoms with Gasteiger partial charge in [0.2, 0.25) is 5.91 Å². The maximum Gasteiger partial charge on any atom is 0.411 e. The minimum atomic E-state index is -1.91. The number of aryl methyl sites for hydroxylation is 1. The lowest BCUT2D eigenvalue weighted by Gasteiger charge is -2.36. The van der Waals surface area contributed by atoms with Crippen LogP contribution in [0.25, 0.3) is 11.1 Å². The topological polar surface area (TPSA) is 89.1 Å². The van der Waals surface area contributed by atoms with Gasteiger partial charge in [0.05, 0.1) is 19.4 Å². The molecule has 9 heteroatoms. The number of ether oxygens (including phenoxy) is 2. The van der Waals surface area contributed by atoms with E-state index in [2.05, 4.69) is 56.4 Å². The molecule has 4 rings (SSSR count). The summed E-state index contributed by atoms with van der Waals surface area (Å²) in [6.07, 6.45) is 1.99. The lowest BCUT2D eigenvalue weighted by molar-refractivity contribution is -0.116. The van der Waals surface area contributed by atoms with Crippen molar-refractivity contribution >= 4 is 31.7 Å². The Hall–Kier alpha value is -3.66. The molecule has 0 spiro atoms. The Kier molecular flexibility index (Phi) is 11.5. The van der Waals surface area contributed by atoms with Gasteiger partial charge in [-0.15, -0.1) is 0 Å². The van der Waals surface area contributed by atoms with Gasteiger partial charge in [-0.3, -0.25) is 10.1 Å². The second-order valence-corrected chi connectivity index (χ2v) is 18.2. The molecule has 1 fully saturated rings. The number of anilines is 2. The van der Waals surface area contributed by atoms with Gasteiger partial charge < -0.3 is 24.1 Å². The third-order valence-electron chi connectivity index (χ3n) is 8.95. The van der Waals surface area contributed by atoms with Crippen molar-refractivity contribution in [1.82, 2.24) is 4.90 Å². The van der Waals surface area contributed by atoms with Gasteiger partial charge >= 0.3 is 6.09 Å². The lowest BCUT2D eigenvalue weighted by atomic mass is 9.99. The maximum absolute atomic E-state index is 13.0. The number of likely N-dealkylation sites (tertiary alicyclic amines) is 1. The molecule has 0 aromatic heterocycles. The van der Waals surface area contributed by atoms with Crippen LogP contribution in [0.2, 0.25) is 18.1 Å². The summed E-state index contributed by atoms with van der Waals surface area (Å²) in [5.74, 6) is 0.601. The van der Waals surface area contributed by atoms with E-state index in [-0.39, 0.29) is 17.0 Å². The van der Waals surface area contributed by atoms with Gasteiger partial charge in [-0.05, 0) is 73.8 Å². The molecule has 1 aliphatic heterocycles. The van der Waals surface area contributed by atoms with Crippen LogP contribution in [0.3, 0.4) is 0 Å². The molecule has 0 saturated carbocycles.